The fourth-order valence-electron chi connectivity index (χ4n) is 5.09. The molecular formula is C28H30ClNO5. The zero-order valence-electron chi connectivity index (χ0n) is 20.5. The number of allylic oxidation sites excluding steroid dienone is 1. The van der Waals surface area contributed by atoms with Crippen LogP contribution >= 0.6 is 11.6 Å². The maximum atomic E-state index is 13.7. The van der Waals surface area contributed by atoms with E-state index >= 15 is 0 Å². The van der Waals surface area contributed by atoms with Crippen LogP contribution in [0.1, 0.15) is 56.1 Å². The summed E-state index contributed by atoms with van der Waals surface area (Å²) in [5, 5.41) is 0.658. The molecule has 1 aliphatic heterocycles. The molecule has 2 aromatic carbocycles. The highest BCUT2D eigenvalue weighted by Crippen LogP contribution is 2.47. The lowest BCUT2D eigenvalue weighted by atomic mass is 9.66. The smallest absolute Gasteiger partial charge is 0.336 e. The topological polar surface area (TPSA) is 74.2 Å². The number of ketones is 1. The number of nitrogens with zero attached hydrogens (tertiary/aromatic N) is 1. The highest BCUT2D eigenvalue weighted by atomic mass is 35.5. The standard InChI is InChI=1S/C28H30ClNO5/c1-5-12-35-23-11-8-18(15-24(23)33-3)26-25(28(32)34-4)16(2)30-21-13-19(14-22(31)27(21)26)17-6-9-20(29)10-7-17/h6-11,15,19,26-27H,5,12-14H2,1-4H3/t19-,26-,27?/m0/s1. The second-order valence-electron chi connectivity index (χ2n) is 8.93. The van der Waals surface area contributed by atoms with Crippen molar-refractivity contribution in [1.29, 1.82) is 0 Å². The van der Waals surface area contributed by atoms with Crippen LogP contribution < -0.4 is 9.47 Å². The molecule has 0 bridgehead atoms. The van der Waals surface area contributed by atoms with Gasteiger partial charge in [-0.3, -0.25) is 9.79 Å². The Balaban J connectivity index is 1.77. The van der Waals surface area contributed by atoms with Gasteiger partial charge in [-0.2, -0.15) is 0 Å². The van der Waals surface area contributed by atoms with Crippen LogP contribution in [0, 0.1) is 5.92 Å². The van der Waals surface area contributed by atoms with Gasteiger partial charge in [0.1, 0.15) is 5.78 Å². The number of esters is 1. The van der Waals surface area contributed by atoms with Crippen molar-refractivity contribution in [1.82, 2.24) is 0 Å². The molecule has 7 heteroatoms. The van der Waals surface area contributed by atoms with Gasteiger partial charge in [0, 0.05) is 28.8 Å². The quantitative estimate of drug-likeness (QED) is 0.448. The van der Waals surface area contributed by atoms with Crippen LogP contribution in [0.5, 0.6) is 11.5 Å². The van der Waals surface area contributed by atoms with Crippen molar-refractivity contribution in [3.8, 4) is 11.5 Å². The maximum Gasteiger partial charge on any atom is 0.336 e. The average Bonchev–Trinajstić information content (AvgIpc) is 2.86. The first-order valence-corrected chi connectivity index (χ1v) is 12.2. The molecule has 1 fully saturated rings. The third kappa shape index (κ3) is 4.98. The van der Waals surface area contributed by atoms with Crippen molar-refractivity contribution in [3.63, 3.8) is 0 Å². The SMILES string of the molecule is CCCOc1ccc([C@H]2C(C(=O)OC)=C(C)N=C3C[C@H](c4ccc(Cl)cc4)CC(=O)C32)cc1OC. The van der Waals surface area contributed by atoms with E-state index in [1.165, 1.54) is 7.11 Å². The third-order valence-corrected chi connectivity index (χ3v) is 6.96. The molecule has 184 valence electrons. The predicted octanol–water partition coefficient (Wildman–Crippen LogP) is 5.89. The van der Waals surface area contributed by atoms with Crippen LogP contribution in [0.2, 0.25) is 5.02 Å². The molecule has 2 aliphatic rings. The van der Waals surface area contributed by atoms with Crippen molar-refractivity contribution in [3.05, 3.63) is 69.9 Å². The van der Waals surface area contributed by atoms with Crippen LogP contribution in [-0.4, -0.2) is 38.3 Å². The highest BCUT2D eigenvalue weighted by molar-refractivity contribution is 6.30. The van der Waals surface area contributed by atoms with Crippen molar-refractivity contribution >= 4 is 29.1 Å². The summed E-state index contributed by atoms with van der Waals surface area (Å²) in [6.07, 6.45) is 1.87. The van der Waals surface area contributed by atoms with Crippen LogP contribution in [0.3, 0.4) is 0 Å². The first-order valence-electron chi connectivity index (χ1n) is 11.8. The van der Waals surface area contributed by atoms with Gasteiger partial charge in [-0.1, -0.05) is 36.7 Å². The van der Waals surface area contributed by atoms with Gasteiger partial charge in [-0.05, 0) is 61.1 Å². The lowest BCUT2D eigenvalue weighted by molar-refractivity contribution is -0.136. The number of fused-ring (bicyclic) bond motifs is 1. The number of methoxy groups -OCH3 is 2. The van der Waals surface area contributed by atoms with Gasteiger partial charge < -0.3 is 14.2 Å². The van der Waals surface area contributed by atoms with E-state index in [4.69, 9.17) is 30.8 Å². The number of benzene rings is 2. The van der Waals surface area contributed by atoms with Gasteiger partial charge in [0.25, 0.3) is 0 Å². The minimum atomic E-state index is -0.538. The zero-order chi connectivity index (χ0) is 25.1. The van der Waals surface area contributed by atoms with Crippen LogP contribution in [-0.2, 0) is 14.3 Å². The minimum absolute atomic E-state index is 0.0160. The molecule has 0 amide bonds. The molecule has 0 spiro atoms. The Bertz CT molecular complexity index is 1180. The van der Waals surface area contributed by atoms with E-state index < -0.39 is 17.8 Å². The van der Waals surface area contributed by atoms with Crippen molar-refractivity contribution in [2.24, 2.45) is 10.9 Å². The average molecular weight is 496 g/mol. The number of Topliss-reactive ketones (excluding diaryl/α,β-unsaturated/α-hetero) is 1. The summed E-state index contributed by atoms with van der Waals surface area (Å²) in [6.45, 7) is 4.40. The van der Waals surface area contributed by atoms with Crippen molar-refractivity contribution in [2.75, 3.05) is 20.8 Å². The Kier molecular flexibility index (Phi) is 7.60. The fourth-order valence-corrected chi connectivity index (χ4v) is 5.22. The number of carbonyl (C=O) groups is 2. The number of aliphatic imine (C=N–C) groups is 1. The lowest BCUT2D eigenvalue weighted by Crippen LogP contribution is -2.41. The van der Waals surface area contributed by atoms with E-state index in [1.807, 2.05) is 49.4 Å². The van der Waals surface area contributed by atoms with Crippen LogP contribution in [0.25, 0.3) is 0 Å². The molecule has 3 atom stereocenters. The zero-order valence-corrected chi connectivity index (χ0v) is 21.2. The monoisotopic (exact) mass is 495 g/mol. The van der Waals surface area contributed by atoms with E-state index in [0.29, 0.717) is 47.2 Å². The molecule has 0 radical (unpaired) electrons. The summed E-state index contributed by atoms with van der Waals surface area (Å²) in [7, 11) is 2.93. The molecule has 0 N–H and O–H groups in total. The minimum Gasteiger partial charge on any atom is -0.493 e. The van der Waals surface area contributed by atoms with Crippen LogP contribution in [0.15, 0.2) is 58.7 Å². The molecule has 1 unspecified atom stereocenters. The van der Waals surface area contributed by atoms with Crippen LogP contribution in [0.4, 0.5) is 0 Å². The molecule has 2 aromatic rings. The first kappa shape index (κ1) is 25.0. The van der Waals surface area contributed by atoms with Gasteiger partial charge in [0.05, 0.1) is 32.3 Å². The number of halogens is 1. The van der Waals surface area contributed by atoms with Gasteiger partial charge in [-0.15, -0.1) is 0 Å². The first-order chi connectivity index (χ1) is 16.9. The summed E-state index contributed by atoms with van der Waals surface area (Å²) in [5.41, 5.74) is 3.62. The molecular weight excluding hydrogens is 466 g/mol. The Morgan fingerprint density at radius 1 is 1.03 bits per heavy atom. The largest absolute Gasteiger partial charge is 0.493 e. The van der Waals surface area contributed by atoms with Gasteiger partial charge >= 0.3 is 5.97 Å². The van der Waals surface area contributed by atoms with E-state index in [-0.39, 0.29) is 11.7 Å². The number of hydrogen-bond acceptors (Lipinski definition) is 6. The second kappa shape index (κ2) is 10.6. The normalized spacial score (nSPS) is 21.8. The van der Waals surface area contributed by atoms with E-state index in [1.54, 1.807) is 14.0 Å². The Morgan fingerprint density at radius 3 is 2.40 bits per heavy atom. The molecule has 1 heterocycles. The molecule has 0 saturated heterocycles. The number of hydrogen-bond donors (Lipinski definition) is 0. The molecule has 35 heavy (non-hydrogen) atoms. The highest BCUT2D eigenvalue weighted by Gasteiger charge is 2.46. The van der Waals surface area contributed by atoms with E-state index in [9.17, 15) is 9.59 Å². The summed E-state index contributed by atoms with van der Waals surface area (Å²) >= 11 is 6.06. The van der Waals surface area contributed by atoms with Gasteiger partial charge in [-0.25, -0.2) is 4.79 Å². The summed E-state index contributed by atoms with van der Waals surface area (Å²) in [5.74, 6) is -0.272. The number of carbonyl (C=O) groups excluding carboxylic acids is 2. The summed E-state index contributed by atoms with van der Waals surface area (Å²) < 4.78 is 16.5. The number of ether oxygens (including phenoxy) is 3. The summed E-state index contributed by atoms with van der Waals surface area (Å²) in [6, 6.07) is 13.2. The van der Waals surface area contributed by atoms with Gasteiger partial charge in [0.2, 0.25) is 0 Å². The lowest BCUT2D eigenvalue weighted by Gasteiger charge is -2.38. The Morgan fingerprint density at radius 2 is 1.74 bits per heavy atom. The Hall–Kier alpha value is -3.12. The predicted molar refractivity (Wildman–Crippen MR) is 136 cm³/mol. The second-order valence-corrected chi connectivity index (χ2v) is 9.37. The van der Waals surface area contributed by atoms with E-state index in [0.717, 1.165) is 23.3 Å². The summed E-state index contributed by atoms with van der Waals surface area (Å²) in [4.78, 5) is 31.3. The molecule has 4 rings (SSSR count). The van der Waals surface area contributed by atoms with Gasteiger partial charge in [0.15, 0.2) is 11.5 Å². The Labute approximate surface area is 210 Å². The molecule has 1 saturated carbocycles. The van der Waals surface area contributed by atoms with E-state index in [2.05, 4.69) is 0 Å². The third-order valence-electron chi connectivity index (χ3n) is 6.71. The van der Waals surface area contributed by atoms with Crippen molar-refractivity contribution < 1.29 is 23.8 Å². The maximum absolute atomic E-state index is 13.7. The fraction of sp³-hybridized carbons (Fsp3) is 0.393. The number of rotatable bonds is 7. The van der Waals surface area contributed by atoms with Crippen molar-refractivity contribution in [2.45, 2.75) is 44.9 Å². The molecule has 1 aliphatic carbocycles. The molecule has 0 aromatic heterocycles. The molecule has 6 nitrogen and oxygen atoms in total.